The van der Waals surface area contributed by atoms with Crippen LogP contribution in [0.4, 0.5) is 13.2 Å². The van der Waals surface area contributed by atoms with Gasteiger partial charge in [-0.3, -0.25) is 4.79 Å². The van der Waals surface area contributed by atoms with Crippen LogP contribution in [0.3, 0.4) is 0 Å². The molecular weight excluding hydrogens is 391 g/mol. The Hall–Kier alpha value is -1.56. The molecule has 142 valence electrons. The summed E-state index contributed by atoms with van der Waals surface area (Å²) in [6, 6.07) is 5.37. The van der Waals surface area contributed by atoms with Crippen molar-refractivity contribution in [3.8, 4) is 0 Å². The predicted molar refractivity (Wildman–Crippen MR) is 92.1 cm³/mol. The lowest BCUT2D eigenvalue weighted by atomic mass is 9.93. The number of nitrogens with zero attached hydrogens (tertiary/aromatic N) is 2. The predicted octanol–water partition coefficient (Wildman–Crippen LogP) is 2.16. The van der Waals surface area contributed by atoms with Crippen LogP contribution in [-0.2, 0) is 20.1 Å². The Balaban J connectivity index is 1.99. The van der Waals surface area contributed by atoms with Gasteiger partial charge in [-0.2, -0.15) is 21.9 Å². The van der Waals surface area contributed by atoms with Crippen molar-refractivity contribution in [2.75, 3.05) is 11.5 Å². The smallest absolute Gasteiger partial charge is 0.375 e. The second kappa shape index (κ2) is 6.55. The van der Waals surface area contributed by atoms with Crippen LogP contribution < -0.4 is 5.73 Å². The van der Waals surface area contributed by atoms with Crippen molar-refractivity contribution in [2.45, 2.75) is 30.7 Å². The van der Waals surface area contributed by atoms with Gasteiger partial charge in [0.25, 0.3) is 5.91 Å². The Morgan fingerprint density at radius 2 is 2.04 bits per heavy atom. The van der Waals surface area contributed by atoms with E-state index in [4.69, 9.17) is 5.73 Å². The van der Waals surface area contributed by atoms with E-state index in [-0.39, 0.29) is 17.6 Å². The number of nitrogens with two attached hydrogens (primary N) is 1. The van der Waals surface area contributed by atoms with Crippen LogP contribution in [-0.4, -0.2) is 43.3 Å². The molecule has 0 saturated heterocycles. The van der Waals surface area contributed by atoms with Gasteiger partial charge in [0.15, 0.2) is 0 Å². The zero-order valence-corrected chi connectivity index (χ0v) is 15.0. The summed E-state index contributed by atoms with van der Waals surface area (Å²) in [5.41, 5.74) is 1.68. The highest BCUT2D eigenvalue weighted by Gasteiger charge is 2.57. The Kier molecular flexibility index (Phi) is 4.84. The third-order valence-corrected chi connectivity index (χ3v) is 7.40. The SMILES string of the molecule is N[C@H]1CC[S@@](=O)(CC[C@@](O)(c2nsc3ccccc23)C(F)(F)F)=NC1=O. The molecule has 6 nitrogen and oxygen atoms in total. The first-order chi connectivity index (χ1) is 12.1. The number of fused-ring (bicyclic) bond motifs is 1. The molecule has 0 aliphatic carbocycles. The summed E-state index contributed by atoms with van der Waals surface area (Å²) in [6.45, 7) is 0. The molecule has 1 aliphatic rings. The van der Waals surface area contributed by atoms with Gasteiger partial charge in [0.2, 0.25) is 5.60 Å². The van der Waals surface area contributed by atoms with Gasteiger partial charge in [0.1, 0.15) is 5.69 Å². The largest absolute Gasteiger partial charge is 0.423 e. The molecule has 1 aromatic heterocycles. The van der Waals surface area contributed by atoms with E-state index >= 15 is 0 Å². The van der Waals surface area contributed by atoms with Gasteiger partial charge in [0.05, 0.1) is 20.5 Å². The molecule has 11 heteroatoms. The summed E-state index contributed by atoms with van der Waals surface area (Å²) in [5, 5.41) is 10.7. The van der Waals surface area contributed by atoms with Crippen molar-refractivity contribution in [2.24, 2.45) is 10.1 Å². The van der Waals surface area contributed by atoms with E-state index in [9.17, 15) is 27.3 Å². The van der Waals surface area contributed by atoms with Crippen molar-refractivity contribution in [3.63, 3.8) is 0 Å². The zero-order valence-electron chi connectivity index (χ0n) is 13.4. The maximum atomic E-state index is 13.7. The van der Waals surface area contributed by atoms with Crippen molar-refractivity contribution in [1.29, 1.82) is 0 Å². The Morgan fingerprint density at radius 3 is 2.69 bits per heavy atom. The molecule has 1 amide bonds. The van der Waals surface area contributed by atoms with Crippen LogP contribution in [0.2, 0.25) is 0 Å². The number of hydrogen-bond donors (Lipinski definition) is 2. The van der Waals surface area contributed by atoms with Crippen LogP contribution in [0.25, 0.3) is 10.1 Å². The molecule has 26 heavy (non-hydrogen) atoms. The minimum absolute atomic E-state index is 0.0777. The molecular formula is C15H16F3N3O3S2. The molecule has 0 spiro atoms. The first kappa shape index (κ1) is 19.2. The molecule has 3 atom stereocenters. The Bertz CT molecular complexity index is 966. The fourth-order valence-electron chi connectivity index (χ4n) is 2.75. The van der Waals surface area contributed by atoms with Crippen LogP contribution in [0, 0.1) is 0 Å². The van der Waals surface area contributed by atoms with E-state index < -0.39 is 51.3 Å². The number of halogens is 3. The van der Waals surface area contributed by atoms with E-state index in [1.807, 2.05) is 0 Å². The molecule has 3 rings (SSSR count). The van der Waals surface area contributed by atoms with Gasteiger partial charge in [0, 0.05) is 23.3 Å². The maximum absolute atomic E-state index is 13.7. The fraction of sp³-hybridized carbons (Fsp3) is 0.467. The summed E-state index contributed by atoms with van der Waals surface area (Å²) >= 11 is 0.843. The van der Waals surface area contributed by atoms with Crippen molar-refractivity contribution >= 4 is 37.3 Å². The fourth-order valence-corrected chi connectivity index (χ4v) is 5.67. The average molecular weight is 407 g/mol. The zero-order chi connectivity index (χ0) is 19.2. The molecule has 0 unspecified atom stereocenters. The van der Waals surface area contributed by atoms with Crippen molar-refractivity contribution < 1.29 is 27.3 Å². The highest BCUT2D eigenvalue weighted by Crippen LogP contribution is 2.44. The number of aliphatic hydroxyl groups is 1. The van der Waals surface area contributed by atoms with E-state index in [0.717, 1.165) is 11.5 Å². The molecule has 0 saturated carbocycles. The molecule has 1 aromatic carbocycles. The highest BCUT2D eigenvalue weighted by atomic mass is 32.2. The number of carbonyl (C=O) groups is 1. The van der Waals surface area contributed by atoms with Crippen LogP contribution in [0.15, 0.2) is 28.6 Å². The van der Waals surface area contributed by atoms with Crippen molar-refractivity contribution in [3.05, 3.63) is 30.0 Å². The van der Waals surface area contributed by atoms with Crippen molar-refractivity contribution in [1.82, 2.24) is 4.37 Å². The summed E-state index contributed by atoms with van der Waals surface area (Å²) in [5.74, 6) is -1.44. The van der Waals surface area contributed by atoms with E-state index in [1.54, 1.807) is 18.2 Å². The van der Waals surface area contributed by atoms with Crippen LogP contribution in [0.1, 0.15) is 18.5 Å². The van der Waals surface area contributed by atoms with Crippen LogP contribution in [0.5, 0.6) is 0 Å². The van der Waals surface area contributed by atoms with Gasteiger partial charge in [-0.25, -0.2) is 4.21 Å². The lowest BCUT2D eigenvalue weighted by molar-refractivity contribution is -0.268. The number of carbonyl (C=O) groups excluding carboxylic acids is 1. The molecule has 0 fully saturated rings. The van der Waals surface area contributed by atoms with Gasteiger partial charge in [-0.05, 0) is 24.0 Å². The molecule has 2 aromatic rings. The molecule has 3 N–H and O–H groups in total. The van der Waals surface area contributed by atoms with E-state index in [0.29, 0.717) is 4.70 Å². The maximum Gasteiger partial charge on any atom is 0.423 e. The summed E-state index contributed by atoms with van der Waals surface area (Å²) < 4.78 is 61.6. The normalized spacial score (nSPS) is 26.5. The number of aromatic nitrogens is 1. The summed E-state index contributed by atoms with van der Waals surface area (Å²) in [7, 11) is -3.20. The van der Waals surface area contributed by atoms with Gasteiger partial charge >= 0.3 is 6.18 Å². The standard InChI is InChI=1S/C15H16F3N3O3S2/c16-15(17,18)14(23,12-9-3-1-2-4-11(9)25-20-12)6-8-26(24)7-5-10(19)13(22)21-26/h1-4,10,23H,5-8,19H2/t10-,14+,26+/m0/s1. The third kappa shape index (κ3) is 3.36. The third-order valence-electron chi connectivity index (χ3n) is 4.34. The average Bonchev–Trinajstić information content (AvgIpc) is 3.00. The lowest BCUT2D eigenvalue weighted by Crippen LogP contribution is -2.45. The minimum Gasteiger partial charge on any atom is -0.375 e. The lowest BCUT2D eigenvalue weighted by Gasteiger charge is -2.30. The summed E-state index contributed by atoms with van der Waals surface area (Å²) in [4.78, 5) is 11.6. The summed E-state index contributed by atoms with van der Waals surface area (Å²) in [6.07, 6.45) is -5.85. The number of amides is 1. The Morgan fingerprint density at radius 1 is 1.35 bits per heavy atom. The molecule has 2 heterocycles. The first-order valence-corrected chi connectivity index (χ1v) is 10.3. The minimum atomic E-state index is -5.03. The highest BCUT2D eigenvalue weighted by molar-refractivity contribution is 7.93. The second-order valence-electron chi connectivity index (χ2n) is 6.14. The molecule has 0 bridgehead atoms. The van der Waals surface area contributed by atoms with Gasteiger partial charge in [-0.1, -0.05) is 18.2 Å². The second-order valence-corrected chi connectivity index (χ2v) is 9.49. The van der Waals surface area contributed by atoms with E-state index in [2.05, 4.69) is 8.74 Å². The van der Waals surface area contributed by atoms with E-state index in [1.165, 1.54) is 6.07 Å². The van der Waals surface area contributed by atoms with Crippen LogP contribution >= 0.6 is 11.5 Å². The van der Waals surface area contributed by atoms with Gasteiger partial charge in [-0.15, -0.1) is 0 Å². The quantitative estimate of drug-likeness (QED) is 0.808. The number of benzene rings is 1. The number of alkyl halides is 3. The Labute approximate surface area is 151 Å². The number of hydrogen-bond acceptors (Lipinski definition) is 6. The molecule has 1 aliphatic heterocycles. The number of rotatable bonds is 4. The monoisotopic (exact) mass is 407 g/mol. The molecule has 0 radical (unpaired) electrons. The first-order valence-electron chi connectivity index (χ1n) is 7.72. The topological polar surface area (TPSA) is 106 Å². The van der Waals surface area contributed by atoms with Gasteiger partial charge < -0.3 is 10.8 Å².